The number of hydrogen-bond acceptors (Lipinski definition) is 6. The molecule has 0 atom stereocenters. The Bertz CT molecular complexity index is 972. The van der Waals surface area contributed by atoms with E-state index in [2.05, 4.69) is 10.2 Å². The van der Waals surface area contributed by atoms with Gasteiger partial charge in [0.15, 0.2) is 28.3 Å². The minimum atomic E-state index is -0.00987. The van der Waals surface area contributed by atoms with Crippen LogP contribution in [-0.4, -0.2) is 33.1 Å². The predicted molar refractivity (Wildman–Crippen MR) is 99.1 cm³/mol. The third kappa shape index (κ3) is 3.27. The van der Waals surface area contributed by atoms with E-state index in [1.54, 1.807) is 18.2 Å². The highest BCUT2D eigenvalue weighted by Crippen LogP contribution is 2.33. The molecule has 4 rings (SSSR count). The number of Topliss-reactive ketones (excluding diaryl/α,β-unsaturated/α-hetero) is 1. The van der Waals surface area contributed by atoms with Gasteiger partial charge in [-0.2, -0.15) is 0 Å². The number of fused-ring (bicyclic) bond motifs is 1. The molecule has 2 heterocycles. The van der Waals surface area contributed by atoms with Gasteiger partial charge < -0.3 is 14.0 Å². The lowest BCUT2D eigenvalue weighted by atomic mass is 10.1. The van der Waals surface area contributed by atoms with Crippen LogP contribution in [0.25, 0.3) is 11.4 Å². The maximum atomic E-state index is 12.5. The SMILES string of the molecule is Cn1c(SCC(=O)c2ccc3c(c2)OCO3)nnc1-c1ccc(Cl)cc1. The molecule has 0 bridgehead atoms. The Hall–Kier alpha value is -2.51. The highest BCUT2D eigenvalue weighted by Gasteiger charge is 2.18. The summed E-state index contributed by atoms with van der Waals surface area (Å²) in [5.74, 6) is 2.23. The second-order valence-electron chi connectivity index (χ2n) is 5.65. The molecular weight excluding hydrogens is 374 g/mol. The van der Waals surface area contributed by atoms with Gasteiger partial charge in [0.1, 0.15) is 0 Å². The topological polar surface area (TPSA) is 66.2 Å². The molecule has 3 aromatic rings. The normalized spacial score (nSPS) is 12.4. The van der Waals surface area contributed by atoms with E-state index in [9.17, 15) is 4.79 Å². The summed E-state index contributed by atoms with van der Waals surface area (Å²) in [4.78, 5) is 12.5. The van der Waals surface area contributed by atoms with E-state index in [1.807, 2.05) is 35.9 Å². The van der Waals surface area contributed by atoms with Crippen LogP contribution in [0.1, 0.15) is 10.4 Å². The number of benzene rings is 2. The van der Waals surface area contributed by atoms with E-state index in [1.165, 1.54) is 11.8 Å². The summed E-state index contributed by atoms with van der Waals surface area (Å²) in [6.07, 6.45) is 0. The second kappa shape index (κ2) is 7.01. The largest absolute Gasteiger partial charge is 0.454 e. The fourth-order valence-electron chi connectivity index (χ4n) is 2.57. The van der Waals surface area contributed by atoms with Crippen molar-refractivity contribution < 1.29 is 14.3 Å². The van der Waals surface area contributed by atoms with Crippen molar-refractivity contribution in [3.05, 3.63) is 53.1 Å². The third-order valence-corrected chi connectivity index (χ3v) is 5.24. The number of hydrogen-bond donors (Lipinski definition) is 0. The summed E-state index contributed by atoms with van der Waals surface area (Å²) >= 11 is 7.26. The number of carbonyl (C=O) groups excluding carboxylic acids is 1. The monoisotopic (exact) mass is 387 g/mol. The summed E-state index contributed by atoms with van der Waals surface area (Å²) < 4.78 is 12.4. The fraction of sp³-hybridized carbons (Fsp3) is 0.167. The Morgan fingerprint density at radius 1 is 1.15 bits per heavy atom. The van der Waals surface area contributed by atoms with E-state index in [0.29, 0.717) is 27.2 Å². The standard InChI is InChI=1S/C18H14ClN3O3S/c1-22-17(11-2-5-13(19)6-3-11)20-21-18(22)26-9-14(23)12-4-7-15-16(8-12)25-10-24-15/h2-8H,9-10H2,1H3. The van der Waals surface area contributed by atoms with Crippen molar-refractivity contribution in [2.24, 2.45) is 7.05 Å². The molecule has 0 saturated carbocycles. The van der Waals surface area contributed by atoms with Crippen molar-refractivity contribution in [1.82, 2.24) is 14.8 Å². The summed E-state index contributed by atoms with van der Waals surface area (Å²) in [7, 11) is 1.87. The van der Waals surface area contributed by atoms with Crippen molar-refractivity contribution >= 4 is 29.1 Å². The molecule has 0 unspecified atom stereocenters. The highest BCUT2D eigenvalue weighted by atomic mass is 35.5. The molecular formula is C18H14ClN3O3S. The molecule has 0 saturated heterocycles. The average Bonchev–Trinajstić information content (AvgIpc) is 3.26. The zero-order valence-electron chi connectivity index (χ0n) is 13.8. The summed E-state index contributed by atoms with van der Waals surface area (Å²) in [5.41, 5.74) is 1.50. The Balaban J connectivity index is 1.46. The maximum Gasteiger partial charge on any atom is 0.231 e. The Kier molecular flexibility index (Phi) is 4.57. The molecule has 2 aromatic carbocycles. The lowest BCUT2D eigenvalue weighted by Gasteiger charge is -2.05. The summed E-state index contributed by atoms with van der Waals surface area (Å²) in [5, 5.41) is 9.74. The van der Waals surface area contributed by atoms with E-state index < -0.39 is 0 Å². The summed E-state index contributed by atoms with van der Waals surface area (Å²) in [6, 6.07) is 12.6. The fourth-order valence-corrected chi connectivity index (χ4v) is 3.51. The van der Waals surface area contributed by atoms with Crippen molar-refractivity contribution in [2.75, 3.05) is 12.5 Å². The zero-order valence-corrected chi connectivity index (χ0v) is 15.4. The number of rotatable bonds is 5. The first kappa shape index (κ1) is 16.9. The number of aromatic nitrogens is 3. The first-order valence-corrected chi connectivity index (χ1v) is 9.19. The molecule has 1 aromatic heterocycles. The van der Waals surface area contributed by atoms with Gasteiger partial charge in [-0.15, -0.1) is 10.2 Å². The molecule has 132 valence electrons. The predicted octanol–water partition coefficient (Wildman–Crippen LogP) is 3.84. The van der Waals surface area contributed by atoms with Crippen LogP contribution >= 0.6 is 23.4 Å². The van der Waals surface area contributed by atoms with E-state index in [-0.39, 0.29) is 18.3 Å². The van der Waals surface area contributed by atoms with Crippen LogP contribution < -0.4 is 9.47 Å². The van der Waals surface area contributed by atoms with Crippen molar-refractivity contribution in [1.29, 1.82) is 0 Å². The lowest BCUT2D eigenvalue weighted by molar-refractivity contribution is 0.102. The van der Waals surface area contributed by atoms with Crippen LogP contribution in [0.4, 0.5) is 0 Å². The average molecular weight is 388 g/mol. The minimum absolute atomic E-state index is 0.00987. The smallest absolute Gasteiger partial charge is 0.231 e. The van der Waals surface area contributed by atoms with Crippen LogP contribution in [0.15, 0.2) is 47.6 Å². The van der Waals surface area contributed by atoms with E-state index in [0.717, 1.165) is 11.4 Å². The highest BCUT2D eigenvalue weighted by molar-refractivity contribution is 7.99. The molecule has 0 N–H and O–H groups in total. The number of carbonyl (C=O) groups is 1. The molecule has 6 nitrogen and oxygen atoms in total. The first-order valence-electron chi connectivity index (χ1n) is 7.83. The van der Waals surface area contributed by atoms with Gasteiger partial charge in [-0.1, -0.05) is 23.4 Å². The molecule has 0 aliphatic carbocycles. The number of nitrogens with zero attached hydrogens (tertiary/aromatic N) is 3. The number of thioether (sulfide) groups is 1. The molecule has 1 aliphatic heterocycles. The van der Waals surface area contributed by atoms with E-state index >= 15 is 0 Å². The van der Waals surface area contributed by atoms with Crippen LogP contribution in [-0.2, 0) is 7.05 Å². The molecule has 8 heteroatoms. The zero-order chi connectivity index (χ0) is 18.1. The molecule has 0 amide bonds. The number of ketones is 1. The molecule has 0 fully saturated rings. The first-order chi connectivity index (χ1) is 12.6. The van der Waals surface area contributed by atoms with Crippen LogP contribution in [0, 0.1) is 0 Å². The van der Waals surface area contributed by atoms with Gasteiger partial charge in [0.25, 0.3) is 0 Å². The molecule has 0 radical (unpaired) electrons. The Labute approximate surface area is 159 Å². The van der Waals surface area contributed by atoms with Crippen LogP contribution in [0.3, 0.4) is 0 Å². The van der Waals surface area contributed by atoms with Crippen molar-refractivity contribution in [3.63, 3.8) is 0 Å². The van der Waals surface area contributed by atoms with Crippen LogP contribution in [0.5, 0.6) is 11.5 Å². The van der Waals surface area contributed by atoms with Crippen LogP contribution in [0.2, 0.25) is 5.02 Å². The van der Waals surface area contributed by atoms with Gasteiger partial charge in [0.2, 0.25) is 6.79 Å². The summed E-state index contributed by atoms with van der Waals surface area (Å²) in [6.45, 7) is 0.189. The third-order valence-electron chi connectivity index (χ3n) is 3.96. The molecule has 0 spiro atoms. The maximum absolute atomic E-state index is 12.5. The van der Waals surface area contributed by atoms with E-state index in [4.69, 9.17) is 21.1 Å². The van der Waals surface area contributed by atoms with Crippen molar-refractivity contribution in [2.45, 2.75) is 5.16 Å². The van der Waals surface area contributed by atoms with Gasteiger partial charge in [0, 0.05) is 23.2 Å². The Morgan fingerprint density at radius 3 is 2.73 bits per heavy atom. The van der Waals surface area contributed by atoms with Gasteiger partial charge >= 0.3 is 0 Å². The molecule has 1 aliphatic rings. The van der Waals surface area contributed by atoms with Gasteiger partial charge in [-0.25, -0.2) is 0 Å². The van der Waals surface area contributed by atoms with Crippen molar-refractivity contribution in [3.8, 4) is 22.9 Å². The quantitative estimate of drug-likeness (QED) is 0.489. The van der Waals surface area contributed by atoms with Gasteiger partial charge in [-0.05, 0) is 42.5 Å². The van der Waals surface area contributed by atoms with Gasteiger partial charge in [-0.3, -0.25) is 4.79 Å². The minimum Gasteiger partial charge on any atom is -0.454 e. The Morgan fingerprint density at radius 2 is 1.92 bits per heavy atom. The second-order valence-corrected chi connectivity index (χ2v) is 7.03. The number of halogens is 1. The van der Waals surface area contributed by atoms with Gasteiger partial charge in [0.05, 0.1) is 5.75 Å². The number of ether oxygens (including phenoxy) is 2. The lowest BCUT2D eigenvalue weighted by Crippen LogP contribution is -2.04. The molecule has 26 heavy (non-hydrogen) atoms.